The van der Waals surface area contributed by atoms with Crippen LogP contribution in [-0.2, 0) is 0 Å². The molecule has 2 nitrogen and oxygen atoms in total. The molecule has 2 saturated heterocycles. The molecule has 2 atom stereocenters. The Hall–Kier alpha value is -0.760. The first kappa shape index (κ1) is 17.6. The predicted octanol–water partition coefficient (Wildman–Crippen LogP) is 5.02. The van der Waals surface area contributed by atoms with Gasteiger partial charge in [-0.1, -0.05) is 38.3 Å². The Bertz CT molecular complexity index is 336. The van der Waals surface area contributed by atoms with Gasteiger partial charge in [0.1, 0.15) is 0 Å². The lowest BCUT2D eigenvalue weighted by molar-refractivity contribution is 0.152. The highest BCUT2D eigenvalue weighted by Crippen LogP contribution is 2.34. The summed E-state index contributed by atoms with van der Waals surface area (Å²) < 4.78 is 0. The summed E-state index contributed by atoms with van der Waals surface area (Å²) in [6.07, 6.45) is 17.9. The van der Waals surface area contributed by atoms with E-state index in [0.717, 1.165) is 18.5 Å². The van der Waals surface area contributed by atoms with E-state index < -0.39 is 0 Å². The van der Waals surface area contributed by atoms with Gasteiger partial charge in [-0.3, -0.25) is 0 Å². The van der Waals surface area contributed by atoms with Crippen molar-refractivity contribution in [3.8, 4) is 0 Å². The molecule has 0 aromatic carbocycles. The van der Waals surface area contributed by atoms with Crippen molar-refractivity contribution in [1.82, 2.24) is 10.2 Å². The Kier molecular flexibility index (Phi) is 7.51. The minimum atomic E-state index is 0.681. The van der Waals surface area contributed by atoms with Gasteiger partial charge in [-0.2, -0.15) is 0 Å². The highest BCUT2D eigenvalue weighted by Gasteiger charge is 2.38. The van der Waals surface area contributed by atoms with Crippen LogP contribution in [0.25, 0.3) is 0 Å². The van der Waals surface area contributed by atoms with Crippen LogP contribution in [-0.4, -0.2) is 30.1 Å². The van der Waals surface area contributed by atoms with E-state index >= 15 is 0 Å². The van der Waals surface area contributed by atoms with Crippen molar-refractivity contribution in [3.63, 3.8) is 0 Å². The summed E-state index contributed by atoms with van der Waals surface area (Å²) in [5.74, 6) is 0. The summed E-state index contributed by atoms with van der Waals surface area (Å²) >= 11 is 0. The smallest absolute Gasteiger partial charge is 0.0287 e. The van der Waals surface area contributed by atoms with E-state index in [1.165, 1.54) is 76.3 Å². The van der Waals surface area contributed by atoms with Crippen molar-refractivity contribution >= 4 is 0 Å². The first-order chi connectivity index (χ1) is 10.7. The molecule has 2 heterocycles. The normalized spacial score (nSPS) is 27.8. The van der Waals surface area contributed by atoms with E-state index in [-0.39, 0.29) is 0 Å². The molecule has 0 aromatic rings. The fourth-order valence-corrected chi connectivity index (χ4v) is 4.22. The maximum Gasteiger partial charge on any atom is 0.0287 e. The highest BCUT2D eigenvalue weighted by atomic mass is 15.2. The van der Waals surface area contributed by atoms with E-state index in [4.69, 9.17) is 0 Å². The third-order valence-electron chi connectivity index (χ3n) is 5.64. The molecule has 0 saturated carbocycles. The lowest BCUT2D eigenvalue weighted by Gasteiger charge is -2.37. The highest BCUT2D eigenvalue weighted by molar-refractivity contribution is 5.01. The lowest BCUT2D eigenvalue weighted by Crippen LogP contribution is -2.46. The monoisotopic (exact) mass is 304 g/mol. The zero-order chi connectivity index (χ0) is 15.8. The molecule has 2 rings (SSSR count). The zero-order valence-electron chi connectivity index (χ0n) is 14.7. The summed E-state index contributed by atoms with van der Waals surface area (Å²) in [5.41, 5.74) is 1.28. The van der Waals surface area contributed by atoms with Crippen molar-refractivity contribution in [2.24, 2.45) is 0 Å². The second-order valence-corrected chi connectivity index (χ2v) is 7.42. The largest absolute Gasteiger partial charge is 0.386 e. The van der Waals surface area contributed by atoms with Gasteiger partial charge in [0.2, 0.25) is 0 Å². The molecule has 2 unspecified atom stereocenters. The van der Waals surface area contributed by atoms with Gasteiger partial charge >= 0.3 is 0 Å². The fraction of sp³-hybridized carbons (Fsp3) is 0.800. The molecular formula is C20H36N2. The second kappa shape index (κ2) is 9.39. The van der Waals surface area contributed by atoms with Crippen LogP contribution in [0, 0.1) is 0 Å². The summed E-state index contributed by atoms with van der Waals surface area (Å²) in [6, 6.07) is 2.32. The van der Waals surface area contributed by atoms with Crippen LogP contribution in [0.15, 0.2) is 24.9 Å². The molecule has 22 heavy (non-hydrogen) atoms. The number of piperidine rings is 1. The Morgan fingerprint density at radius 1 is 1.05 bits per heavy atom. The maximum absolute atomic E-state index is 4.26. The Labute approximate surface area is 138 Å². The van der Waals surface area contributed by atoms with Crippen molar-refractivity contribution in [2.75, 3.05) is 7.05 Å². The van der Waals surface area contributed by atoms with Gasteiger partial charge in [0, 0.05) is 23.8 Å². The topological polar surface area (TPSA) is 15.3 Å². The first-order valence-electron chi connectivity index (χ1n) is 9.48. The molecule has 0 aromatic heterocycles. The minimum absolute atomic E-state index is 0.681. The molecule has 2 bridgehead atoms. The zero-order valence-corrected chi connectivity index (χ0v) is 14.7. The van der Waals surface area contributed by atoms with Crippen LogP contribution < -0.4 is 5.32 Å². The molecule has 0 amide bonds. The average molecular weight is 305 g/mol. The molecule has 0 spiro atoms. The summed E-state index contributed by atoms with van der Waals surface area (Å²) in [6.45, 7) is 8.03. The van der Waals surface area contributed by atoms with Gasteiger partial charge in [-0.15, -0.1) is 6.58 Å². The molecule has 0 aliphatic carbocycles. The van der Waals surface area contributed by atoms with Crippen molar-refractivity contribution < 1.29 is 0 Å². The van der Waals surface area contributed by atoms with Crippen molar-refractivity contribution in [3.05, 3.63) is 24.9 Å². The minimum Gasteiger partial charge on any atom is -0.386 e. The van der Waals surface area contributed by atoms with Gasteiger partial charge in [-0.25, -0.2) is 0 Å². The Morgan fingerprint density at radius 2 is 1.64 bits per heavy atom. The third-order valence-corrected chi connectivity index (χ3v) is 5.64. The molecule has 2 fully saturated rings. The quantitative estimate of drug-likeness (QED) is 0.426. The van der Waals surface area contributed by atoms with Gasteiger partial charge in [0.25, 0.3) is 0 Å². The molecule has 2 heteroatoms. The van der Waals surface area contributed by atoms with E-state index in [2.05, 4.69) is 30.4 Å². The van der Waals surface area contributed by atoms with Gasteiger partial charge < -0.3 is 10.2 Å². The maximum atomic E-state index is 4.26. The summed E-state index contributed by atoms with van der Waals surface area (Å²) in [7, 11) is 2.31. The van der Waals surface area contributed by atoms with E-state index in [0.29, 0.717) is 6.04 Å². The number of hydrogen-bond donors (Lipinski definition) is 1. The van der Waals surface area contributed by atoms with Crippen molar-refractivity contribution in [1.29, 1.82) is 0 Å². The van der Waals surface area contributed by atoms with Gasteiger partial charge in [0.15, 0.2) is 0 Å². The summed E-state index contributed by atoms with van der Waals surface area (Å²) in [5, 5.41) is 3.73. The van der Waals surface area contributed by atoms with Crippen LogP contribution in [0.2, 0.25) is 0 Å². The SMILES string of the molecule is C=CCCCCCCCCC(=C)NC1CC2CCC(C1)N2C. The fourth-order valence-electron chi connectivity index (χ4n) is 4.22. The van der Waals surface area contributed by atoms with Crippen LogP contribution in [0.5, 0.6) is 0 Å². The number of allylic oxidation sites excluding steroid dienone is 2. The second-order valence-electron chi connectivity index (χ2n) is 7.42. The Balaban J connectivity index is 1.49. The number of hydrogen-bond acceptors (Lipinski definition) is 2. The number of rotatable bonds is 11. The van der Waals surface area contributed by atoms with Crippen LogP contribution >= 0.6 is 0 Å². The number of nitrogens with one attached hydrogen (secondary N) is 1. The average Bonchev–Trinajstić information content (AvgIpc) is 2.72. The molecule has 2 aliphatic heterocycles. The van der Waals surface area contributed by atoms with Crippen LogP contribution in [0.1, 0.15) is 77.0 Å². The summed E-state index contributed by atoms with van der Waals surface area (Å²) in [4.78, 5) is 2.60. The number of nitrogens with zero attached hydrogens (tertiary/aromatic N) is 1. The Morgan fingerprint density at radius 3 is 2.27 bits per heavy atom. The van der Waals surface area contributed by atoms with E-state index in [1.807, 2.05) is 6.08 Å². The predicted molar refractivity (Wildman–Crippen MR) is 97.0 cm³/mol. The van der Waals surface area contributed by atoms with Crippen molar-refractivity contribution in [2.45, 2.75) is 95.2 Å². The van der Waals surface area contributed by atoms with Crippen LogP contribution in [0.3, 0.4) is 0 Å². The van der Waals surface area contributed by atoms with Gasteiger partial charge in [0.05, 0.1) is 0 Å². The van der Waals surface area contributed by atoms with E-state index in [1.54, 1.807) is 0 Å². The molecule has 2 aliphatic rings. The number of unbranched alkanes of at least 4 members (excludes halogenated alkanes) is 6. The number of fused-ring (bicyclic) bond motifs is 2. The molecule has 0 radical (unpaired) electrons. The van der Waals surface area contributed by atoms with E-state index in [9.17, 15) is 0 Å². The van der Waals surface area contributed by atoms with Gasteiger partial charge in [-0.05, 0) is 58.4 Å². The third kappa shape index (κ3) is 5.46. The lowest BCUT2D eigenvalue weighted by atomic mass is 9.97. The molecule has 1 N–H and O–H groups in total. The standard InChI is InChI=1S/C20H36N2/c1-4-5-6-7-8-9-10-11-12-17(2)21-18-15-19-13-14-20(16-18)22(19)3/h4,18-21H,1-2,5-16H2,3H3. The van der Waals surface area contributed by atoms with Crippen LogP contribution in [0.4, 0.5) is 0 Å². The first-order valence-corrected chi connectivity index (χ1v) is 9.48. The molecular weight excluding hydrogens is 268 g/mol. The molecule has 126 valence electrons.